The Labute approximate surface area is 136 Å². The number of benzene rings is 2. The van der Waals surface area contributed by atoms with Crippen LogP contribution in [0.5, 0.6) is 0 Å². The number of amides is 1. The van der Waals surface area contributed by atoms with E-state index in [9.17, 15) is 18.3 Å². The van der Waals surface area contributed by atoms with E-state index in [0.717, 1.165) is 11.8 Å². The van der Waals surface area contributed by atoms with E-state index in [2.05, 4.69) is 0 Å². The summed E-state index contributed by atoms with van der Waals surface area (Å²) in [5.74, 6) is -1.24. The maximum Gasteiger partial charge on any atom is 0.240 e. The number of carbonyl (C=O) groups excluding carboxylic acids is 1. The molecular weight excluding hydrogens is 314 g/mol. The number of hydrogen-bond donors (Lipinski definition) is 2. The maximum absolute atomic E-state index is 12.0. The van der Waals surface area contributed by atoms with Crippen LogP contribution in [-0.2, 0) is 14.8 Å². The molecule has 2 aromatic rings. The molecule has 2 N–H and O–H groups in total. The fourth-order valence-electron chi connectivity index (χ4n) is 2.25. The topological polar surface area (TPSA) is 83.5 Å². The molecule has 2 aromatic carbocycles. The van der Waals surface area contributed by atoms with Gasteiger partial charge in [0.25, 0.3) is 0 Å². The SMILES string of the molecule is CC(C(=O)NS(C)(=O)=O)c1cccc(C(O)c2ccccc2)c1. The molecule has 2 atom stereocenters. The Hall–Kier alpha value is -2.18. The molecule has 0 saturated heterocycles. The summed E-state index contributed by atoms with van der Waals surface area (Å²) in [5, 5.41) is 10.4. The Morgan fingerprint density at radius 3 is 2.17 bits per heavy atom. The summed E-state index contributed by atoms with van der Waals surface area (Å²) in [4.78, 5) is 12.0. The van der Waals surface area contributed by atoms with E-state index in [4.69, 9.17) is 0 Å². The van der Waals surface area contributed by atoms with Crippen LogP contribution >= 0.6 is 0 Å². The number of aliphatic hydroxyl groups is 1. The van der Waals surface area contributed by atoms with Gasteiger partial charge in [-0.05, 0) is 23.6 Å². The Bertz CT molecular complexity index is 787. The zero-order chi connectivity index (χ0) is 17.0. The summed E-state index contributed by atoms with van der Waals surface area (Å²) in [5.41, 5.74) is 2.03. The molecule has 23 heavy (non-hydrogen) atoms. The molecule has 122 valence electrons. The maximum atomic E-state index is 12.0. The molecule has 0 aliphatic carbocycles. The number of sulfonamides is 1. The second kappa shape index (κ2) is 6.93. The average Bonchev–Trinajstić information content (AvgIpc) is 2.52. The van der Waals surface area contributed by atoms with Crippen molar-refractivity contribution in [3.63, 3.8) is 0 Å². The van der Waals surface area contributed by atoms with E-state index < -0.39 is 28.0 Å². The first-order valence-corrected chi connectivity index (χ1v) is 9.01. The first-order chi connectivity index (χ1) is 10.8. The van der Waals surface area contributed by atoms with Gasteiger partial charge >= 0.3 is 0 Å². The van der Waals surface area contributed by atoms with Crippen molar-refractivity contribution in [3.05, 3.63) is 71.3 Å². The number of aliphatic hydroxyl groups excluding tert-OH is 1. The van der Waals surface area contributed by atoms with Crippen molar-refractivity contribution in [1.29, 1.82) is 0 Å². The summed E-state index contributed by atoms with van der Waals surface area (Å²) >= 11 is 0. The number of carbonyl (C=O) groups is 1. The predicted molar refractivity (Wildman–Crippen MR) is 88.3 cm³/mol. The van der Waals surface area contributed by atoms with E-state index in [1.807, 2.05) is 35.1 Å². The van der Waals surface area contributed by atoms with E-state index in [1.165, 1.54) is 0 Å². The smallest absolute Gasteiger partial charge is 0.240 e. The molecule has 0 radical (unpaired) electrons. The van der Waals surface area contributed by atoms with Gasteiger partial charge in [0, 0.05) is 0 Å². The zero-order valence-electron chi connectivity index (χ0n) is 12.9. The third-order valence-corrected chi connectivity index (χ3v) is 4.09. The van der Waals surface area contributed by atoms with Crippen molar-refractivity contribution < 1.29 is 18.3 Å². The lowest BCUT2D eigenvalue weighted by molar-refractivity contribution is -0.120. The quantitative estimate of drug-likeness (QED) is 0.876. The molecular formula is C17H19NO4S. The highest BCUT2D eigenvalue weighted by molar-refractivity contribution is 7.89. The summed E-state index contributed by atoms with van der Waals surface area (Å²) in [6, 6.07) is 16.1. The van der Waals surface area contributed by atoms with Crippen molar-refractivity contribution in [1.82, 2.24) is 4.72 Å². The minimum atomic E-state index is -3.59. The number of hydrogen-bond acceptors (Lipinski definition) is 4. The average molecular weight is 333 g/mol. The first-order valence-electron chi connectivity index (χ1n) is 7.12. The van der Waals surface area contributed by atoms with Crippen molar-refractivity contribution in [2.24, 2.45) is 0 Å². The van der Waals surface area contributed by atoms with Crippen LogP contribution in [0, 0.1) is 0 Å². The predicted octanol–water partition coefficient (Wildman–Crippen LogP) is 1.95. The van der Waals surface area contributed by atoms with E-state index in [0.29, 0.717) is 11.1 Å². The van der Waals surface area contributed by atoms with Gasteiger partial charge in [0.05, 0.1) is 12.2 Å². The highest BCUT2D eigenvalue weighted by atomic mass is 32.2. The highest BCUT2D eigenvalue weighted by Crippen LogP contribution is 2.25. The molecule has 0 aliphatic heterocycles. The van der Waals surface area contributed by atoms with Crippen molar-refractivity contribution in [2.75, 3.05) is 6.26 Å². The van der Waals surface area contributed by atoms with Gasteiger partial charge < -0.3 is 5.11 Å². The van der Waals surface area contributed by atoms with E-state index in [1.54, 1.807) is 31.2 Å². The normalized spacial score (nSPS) is 14.0. The van der Waals surface area contributed by atoms with Crippen molar-refractivity contribution >= 4 is 15.9 Å². The lowest BCUT2D eigenvalue weighted by atomic mass is 9.94. The van der Waals surface area contributed by atoms with Crippen LogP contribution in [0.4, 0.5) is 0 Å². The van der Waals surface area contributed by atoms with Gasteiger partial charge in [0.1, 0.15) is 6.10 Å². The molecule has 0 bridgehead atoms. The Morgan fingerprint density at radius 2 is 1.57 bits per heavy atom. The minimum absolute atomic E-state index is 0.598. The number of nitrogens with one attached hydrogen (secondary N) is 1. The molecule has 1 amide bonds. The standard InChI is InChI=1S/C17H19NO4S/c1-12(17(20)18-23(2,21)22)14-9-6-10-15(11-14)16(19)13-7-4-3-5-8-13/h3-12,16,19H,1-2H3,(H,18,20). The zero-order valence-corrected chi connectivity index (χ0v) is 13.7. The molecule has 0 fully saturated rings. The fourth-order valence-corrected chi connectivity index (χ4v) is 2.79. The monoisotopic (exact) mass is 333 g/mol. The van der Waals surface area contributed by atoms with Gasteiger partial charge in [0.2, 0.25) is 15.9 Å². The molecule has 5 nitrogen and oxygen atoms in total. The molecule has 6 heteroatoms. The van der Waals surface area contributed by atoms with Crippen LogP contribution in [0.1, 0.15) is 35.6 Å². The summed E-state index contributed by atoms with van der Waals surface area (Å²) in [6.07, 6.45) is 0.133. The lowest BCUT2D eigenvalue weighted by Gasteiger charge is -2.16. The van der Waals surface area contributed by atoms with Crippen LogP contribution in [0.2, 0.25) is 0 Å². The second-order valence-corrected chi connectivity index (χ2v) is 7.19. The van der Waals surface area contributed by atoms with Crippen LogP contribution in [0.25, 0.3) is 0 Å². The Kier molecular flexibility index (Phi) is 5.18. The summed E-state index contributed by atoms with van der Waals surface area (Å²) in [7, 11) is -3.59. The van der Waals surface area contributed by atoms with Gasteiger partial charge in [-0.1, -0.05) is 54.6 Å². The molecule has 0 saturated carbocycles. The third kappa shape index (κ3) is 4.64. The fraction of sp³-hybridized carbons (Fsp3) is 0.235. The van der Waals surface area contributed by atoms with E-state index in [-0.39, 0.29) is 0 Å². The van der Waals surface area contributed by atoms with Crippen molar-refractivity contribution in [2.45, 2.75) is 18.9 Å². The van der Waals surface area contributed by atoms with Gasteiger partial charge in [-0.25, -0.2) is 8.42 Å². The van der Waals surface area contributed by atoms with Gasteiger partial charge in [0.15, 0.2) is 0 Å². The Balaban J connectivity index is 2.24. The number of rotatable bonds is 5. The minimum Gasteiger partial charge on any atom is -0.384 e. The third-order valence-electron chi connectivity index (χ3n) is 3.52. The molecule has 0 spiro atoms. The van der Waals surface area contributed by atoms with E-state index >= 15 is 0 Å². The molecule has 2 rings (SSSR count). The molecule has 0 aliphatic rings. The Morgan fingerprint density at radius 1 is 1.00 bits per heavy atom. The highest BCUT2D eigenvalue weighted by Gasteiger charge is 2.20. The van der Waals surface area contributed by atoms with Crippen LogP contribution in [0.3, 0.4) is 0 Å². The summed E-state index contributed by atoms with van der Waals surface area (Å²) in [6.45, 7) is 1.62. The second-order valence-electron chi connectivity index (χ2n) is 5.44. The molecule has 0 aromatic heterocycles. The van der Waals surface area contributed by atoms with Gasteiger partial charge in [-0.15, -0.1) is 0 Å². The van der Waals surface area contributed by atoms with Crippen LogP contribution < -0.4 is 4.72 Å². The largest absolute Gasteiger partial charge is 0.384 e. The van der Waals surface area contributed by atoms with Gasteiger partial charge in [-0.2, -0.15) is 0 Å². The van der Waals surface area contributed by atoms with Crippen LogP contribution in [0.15, 0.2) is 54.6 Å². The van der Waals surface area contributed by atoms with Crippen molar-refractivity contribution in [3.8, 4) is 0 Å². The van der Waals surface area contributed by atoms with Crippen LogP contribution in [-0.4, -0.2) is 25.7 Å². The summed E-state index contributed by atoms with van der Waals surface area (Å²) < 4.78 is 24.3. The lowest BCUT2D eigenvalue weighted by Crippen LogP contribution is -2.32. The first kappa shape index (κ1) is 17.2. The molecule has 0 heterocycles. The molecule has 2 unspecified atom stereocenters. The van der Waals surface area contributed by atoms with Gasteiger partial charge in [-0.3, -0.25) is 9.52 Å².